The van der Waals surface area contributed by atoms with Crippen LogP contribution in [0.25, 0.3) is 0 Å². The number of carboxylic acids is 1. The first kappa shape index (κ1) is 11.6. The van der Waals surface area contributed by atoms with Crippen molar-refractivity contribution >= 4 is 11.9 Å². The quantitative estimate of drug-likeness (QED) is 0.805. The number of pyridine rings is 1. The van der Waals surface area contributed by atoms with E-state index >= 15 is 0 Å². The molecular formula is C12H14N2O3. The molecule has 1 heterocycles. The zero-order chi connectivity index (χ0) is 12.3. The van der Waals surface area contributed by atoms with Crippen molar-refractivity contribution in [2.75, 3.05) is 6.54 Å². The van der Waals surface area contributed by atoms with Gasteiger partial charge in [-0.05, 0) is 24.5 Å². The molecule has 0 spiro atoms. The minimum Gasteiger partial charge on any atom is -0.477 e. The second-order valence-corrected chi connectivity index (χ2v) is 4.23. The van der Waals surface area contributed by atoms with Crippen LogP contribution in [0.5, 0.6) is 0 Å². The maximum atomic E-state index is 11.6. The van der Waals surface area contributed by atoms with Crippen LogP contribution < -0.4 is 5.32 Å². The Morgan fingerprint density at radius 3 is 2.71 bits per heavy atom. The summed E-state index contributed by atoms with van der Waals surface area (Å²) in [6.45, 7) is 0.671. The summed E-state index contributed by atoms with van der Waals surface area (Å²) in [6.07, 6.45) is 4.84. The number of hydrogen-bond acceptors (Lipinski definition) is 3. The van der Waals surface area contributed by atoms with Crippen LogP contribution >= 0.6 is 0 Å². The Balaban J connectivity index is 1.86. The molecule has 2 N–H and O–H groups in total. The Kier molecular flexibility index (Phi) is 3.37. The van der Waals surface area contributed by atoms with E-state index in [1.807, 2.05) is 0 Å². The second-order valence-electron chi connectivity index (χ2n) is 4.23. The summed E-state index contributed by atoms with van der Waals surface area (Å²) in [5.41, 5.74) is 0.338. The largest absolute Gasteiger partial charge is 0.477 e. The van der Waals surface area contributed by atoms with Gasteiger partial charge in [0.1, 0.15) is 5.69 Å². The van der Waals surface area contributed by atoms with E-state index in [1.54, 1.807) is 0 Å². The van der Waals surface area contributed by atoms with E-state index in [9.17, 15) is 9.59 Å². The zero-order valence-corrected chi connectivity index (χ0v) is 9.35. The third-order valence-corrected chi connectivity index (χ3v) is 2.78. The predicted octanol–water partition coefficient (Wildman–Crippen LogP) is 1.31. The number of nitrogens with one attached hydrogen (secondary N) is 1. The lowest BCUT2D eigenvalue weighted by atomic mass is 10.2. The minimum atomic E-state index is -1.09. The van der Waals surface area contributed by atoms with Crippen LogP contribution in [0.1, 0.15) is 40.1 Å². The molecule has 0 saturated heterocycles. The lowest BCUT2D eigenvalue weighted by Gasteiger charge is -2.04. The van der Waals surface area contributed by atoms with E-state index in [1.165, 1.54) is 31.2 Å². The zero-order valence-electron chi connectivity index (χ0n) is 9.35. The Labute approximate surface area is 98.9 Å². The SMILES string of the molecule is O=C(NCCC1CC1)c1ccc(C(=O)O)nc1. The fourth-order valence-electron chi connectivity index (χ4n) is 1.55. The number of aromatic carboxylic acids is 1. The number of aromatic nitrogens is 1. The molecule has 2 rings (SSSR count). The van der Waals surface area contributed by atoms with Crippen molar-refractivity contribution in [1.82, 2.24) is 10.3 Å². The van der Waals surface area contributed by atoms with Gasteiger partial charge in [0.2, 0.25) is 0 Å². The van der Waals surface area contributed by atoms with Gasteiger partial charge in [0.15, 0.2) is 0 Å². The number of carbonyl (C=O) groups is 2. The van der Waals surface area contributed by atoms with E-state index < -0.39 is 5.97 Å². The third kappa shape index (κ3) is 3.27. The van der Waals surface area contributed by atoms with Gasteiger partial charge in [0.25, 0.3) is 5.91 Å². The smallest absolute Gasteiger partial charge is 0.354 e. The second kappa shape index (κ2) is 4.95. The summed E-state index contributed by atoms with van der Waals surface area (Å²) in [6, 6.07) is 2.81. The number of nitrogens with zero attached hydrogens (tertiary/aromatic N) is 1. The number of hydrogen-bond donors (Lipinski definition) is 2. The van der Waals surface area contributed by atoms with Crippen LogP contribution in [0.15, 0.2) is 18.3 Å². The van der Waals surface area contributed by atoms with Gasteiger partial charge in [-0.1, -0.05) is 12.8 Å². The number of amides is 1. The lowest BCUT2D eigenvalue weighted by Crippen LogP contribution is -2.25. The van der Waals surface area contributed by atoms with Gasteiger partial charge in [0, 0.05) is 12.7 Å². The highest BCUT2D eigenvalue weighted by molar-refractivity contribution is 5.94. The summed E-state index contributed by atoms with van der Waals surface area (Å²) < 4.78 is 0. The molecule has 17 heavy (non-hydrogen) atoms. The monoisotopic (exact) mass is 234 g/mol. The first-order chi connectivity index (χ1) is 8.16. The molecule has 0 radical (unpaired) electrons. The summed E-state index contributed by atoms with van der Waals surface area (Å²) in [7, 11) is 0. The van der Waals surface area contributed by atoms with E-state index in [0.29, 0.717) is 12.1 Å². The maximum Gasteiger partial charge on any atom is 0.354 e. The highest BCUT2D eigenvalue weighted by Crippen LogP contribution is 2.31. The fraction of sp³-hybridized carbons (Fsp3) is 0.417. The molecule has 5 heteroatoms. The van der Waals surface area contributed by atoms with Crippen molar-refractivity contribution in [3.05, 3.63) is 29.6 Å². The van der Waals surface area contributed by atoms with Crippen molar-refractivity contribution in [2.45, 2.75) is 19.3 Å². The first-order valence-electron chi connectivity index (χ1n) is 5.64. The third-order valence-electron chi connectivity index (χ3n) is 2.78. The number of carboxylic acid groups (broad SMARTS) is 1. The van der Waals surface area contributed by atoms with E-state index in [0.717, 1.165) is 12.3 Å². The van der Waals surface area contributed by atoms with Gasteiger partial charge >= 0.3 is 5.97 Å². The lowest BCUT2D eigenvalue weighted by molar-refractivity contribution is 0.0689. The number of carbonyl (C=O) groups excluding carboxylic acids is 1. The van der Waals surface area contributed by atoms with E-state index in [4.69, 9.17) is 5.11 Å². The maximum absolute atomic E-state index is 11.6. The van der Waals surface area contributed by atoms with Gasteiger partial charge in [-0.3, -0.25) is 4.79 Å². The van der Waals surface area contributed by atoms with Gasteiger partial charge in [-0.2, -0.15) is 0 Å². The molecule has 90 valence electrons. The van der Waals surface area contributed by atoms with Crippen molar-refractivity contribution in [1.29, 1.82) is 0 Å². The molecule has 0 atom stereocenters. The van der Waals surface area contributed by atoms with Crippen LogP contribution in [0.2, 0.25) is 0 Å². The molecule has 0 bridgehead atoms. The van der Waals surface area contributed by atoms with Crippen LogP contribution in [-0.2, 0) is 0 Å². The summed E-state index contributed by atoms with van der Waals surface area (Å²) in [4.78, 5) is 25.9. The van der Waals surface area contributed by atoms with Crippen molar-refractivity contribution < 1.29 is 14.7 Å². The Hall–Kier alpha value is -1.91. The topological polar surface area (TPSA) is 79.3 Å². The average Bonchev–Trinajstić information content (AvgIpc) is 3.13. The molecule has 5 nitrogen and oxygen atoms in total. The molecule has 0 aliphatic heterocycles. The van der Waals surface area contributed by atoms with Gasteiger partial charge < -0.3 is 10.4 Å². The molecule has 1 fully saturated rings. The predicted molar refractivity (Wildman–Crippen MR) is 60.9 cm³/mol. The van der Waals surface area contributed by atoms with Crippen molar-refractivity contribution in [2.24, 2.45) is 5.92 Å². The highest BCUT2D eigenvalue weighted by Gasteiger charge is 2.20. The normalized spacial score (nSPS) is 14.4. The van der Waals surface area contributed by atoms with Crippen molar-refractivity contribution in [3.63, 3.8) is 0 Å². The molecular weight excluding hydrogens is 220 g/mol. The van der Waals surface area contributed by atoms with Gasteiger partial charge in [-0.25, -0.2) is 9.78 Å². The highest BCUT2D eigenvalue weighted by atomic mass is 16.4. The van der Waals surface area contributed by atoms with Crippen molar-refractivity contribution in [3.8, 4) is 0 Å². The van der Waals surface area contributed by atoms with Crippen LogP contribution in [0.3, 0.4) is 0 Å². The van der Waals surface area contributed by atoms with Gasteiger partial charge in [0.05, 0.1) is 5.56 Å². The number of rotatable bonds is 5. The first-order valence-corrected chi connectivity index (χ1v) is 5.64. The standard InChI is InChI=1S/C12H14N2O3/c15-11(13-6-5-8-1-2-8)9-3-4-10(12(16)17)14-7-9/h3-4,7-8H,1-2,5-6H2,(H,13,15)(H,16,17). The Morgan fingerprint density at radius 1 is 1.41 bits per heavy atom. The molecule has 1 aliphatic carbocycles. The molecule has 1 saturated carbocycles. The molecule has 1 amide bonds. The van der Waals surface area contributed by atoms with Gasteiger partial charge in [-0.15, -0.1) is 0 Å². The van der Waals surface area contributed by atoms with E-state index in [2.05, 4.69) is 10.3 Å². The summed E-state index contributed by atoms with van der Waals surface area (Å²) in [5.74, 6) is -0.511. The fourth-order valence-corrected chi connectivity index (χ4v) is 1.55. The molecule has 0 unspecified atom stereocenters. The molecule has 1 aromatic heterocycles. The van der Waals surface area contributed by atoms with Crippen LogP contribution in [0.4, 0.5) is 0 Å². The van der Waals surface area contributed by atoms with Crippen LogP contribution in [-0.4, -0.2) is 28.5 Å². The summed E-state index contributed by atoms with van der Waals surface area (Å²) in [5, 5.41) is 11.5. The molecule has 1 aliphatic rings. The van der Waals surface area contributed by atoms with Crippen LogP contribution in [0, 0.1) is 5.92 Å². The summed E-state index contributed by atoms with van der Waals surface area (Å²) >= 11 is 0. The average molecular weight is 234 g/mol. The Bertz CT molecular complexity index is 424. The Morgan fingerprint density at radius 2 is 2.18 bits per heavy atom. The minimum absolute atomic E-state index is 0.0560. The molecule has 0 aromatic carbocycles. The molecule has 1 aromatic rings. The van der Waals surface area contributed by atoms with E-state index in [-0.39, 0.29) is 11.6 Å².